The van der Waals surface area contributed by atoms with Crippen molar-refractivity contribution < 1.29 is 4.79 Å². The highest BCUT2D eigenvalue weighted by Crippen LogP contribution is 2.39. The van der Waals surface area contributed by atoms with E-state index in [-0.39, 0.29) is 17.4 Å². The van der Waals surface area contributed by atoms with Gasteiger partial charge in [0.15, 0.2) is 6.19 Å². The fourth-order valence-electron chi connectivity index (χ4n) is 3.29. The van der Waals surface area contributed by atoms with Crippen LogP contribution in [0.5, 0.6) is 0 Å². The van der Waals surface area contributed by atoms with Crippen LogP contribution in [0.25, 0.3) is 0 Å². The van der Waals surface area contributed by atoms with Crippen molar-refractivity contribution in [3.8, 4) is 6.19 Å². The fourth-order valence-corrected chi connectivity index (χ4v) is 3.29. The van der Waals surface area contributed by atoms with Gasteiger partial charge in [0.1, 0.15) is 0 Å². The van der Waals surface area contributed by atoms with Gasteiger partial charge in [-0.3, -0.25) is 4.79 Å². The van der Waals surface area contributed by atoms with Crippen molar-refractivity contribution >= 4 is 5.91 Å². The number of benzene rings is 1. The van der Waals surface area contributed by atoms with Gasteiger partial charge in [0.2, 0.25) is 5.91 Å². The van der Waals surface area contributed by atoms with Crippen molar-refractivity contribution in [1.82, 2.24) is 10.2 Å². The van der Waals surface area contributed by atoms with Crippen LogP contribution in [0.2, 0.25) is 0 Å². The first-order valence-corrected chi connectivity index (χ1v) is 6.71. The molecule has 0 aromatic heterocycles. The molecule has 0 radical (unpaired) electrons. The summed E-state index contributed by atoms with van der Waals surface area (Å²) in [5, 5.41) is 12.0. The molecule has 0 aliphatic carbocycles. The molecule has 2 atom stereocenters. The minimum Gasteiger partial charge on any atom is -0.352 e. The van der Waals surface area contributed by atoms with Gasteiger partial charge in [-0.1, -0.05) is 30.3 Å². The quantitative estimate of drug-likeness (QED) is 0.810. The first-order chi connectivity index (χ1) is 9.22. The van der Waals surface area contributed by atoms with Crippen molar-refractivity contribution in [3.63, 3.8) is 0 Å². The van der Waals surface area contributed by atoms with Gasteiger partial charge in [-0.15, -0.1) is 0 Å². The predicted molar refractivity (Wildman–Crippen MR) is 70.9 cm³/mol. The number of nitrogens with one attached hydrogen (secondary N) is 1. The molecule has 1 amide bonds. The molecule has 3 rings (SSSR count). The molecule has 2 aliphatic rings. The molecule has 2 unspecified atom stereocenters. The Bertz CT molecular complexity index is 522. The average molecular weight is 255 g/mol. The van der Waals surface area contributed by atoms with E-state index in [4.69, 9.17) is 5.26 Å². The summed E-state index contributed by atoms with van der Waals surface area (Å²) < 4.78 is 0. The van der Waals surface area contributed by atoms with Gasteiger partial charge in [0, 0.05) is 19.1 Å². The van der Waals surface area contributed by atoms with Crippen molar-refractivity contribution in [1.29, 1.82) is 5.26 Å². The molecule has 2 saturated heterocycles. The minimum absolute atomic E-state index is 0.131. The normalized spacial score (nSPS) is 29.5. The smallest absolute Gasteiger partial charge is 0.228 e. The Morgan fingerprint density at radius 2 is 2.21 bits per heavy atom. The van der Waals surface area contributed by atoms with Crippen molar-refractivity contribution in [2.24, 2.45) is 5.41 Å². The van der Waals surface area contributed by atoms with Crippen LogP contribution < -0.4 is 5.32 Å². The first-order valence-electron chi connectivity index (χ1n) is 6.71. The van der Waals surface area contributed by atoms with Gasteiger partial charge >= 0.3 is 0 Å². The lowest BCUT2D eigenvalue weighted by Gasteiger charge is -2.18. The second-order valence-electron chi connectivity index (χ2n) is 5.62. The average Bonchev–Trinajstić information content (AvgIpc) is 2.96. The standard InChI is InChI=1S/C15H17N3O/c16-11-18-7-6-15(10-18)9-13(17-14(15)19)8-12-4-2-1-3-5-12/h1-5,13H,6-10H2,(H,17,19). The third kappa shape index (κ3) is 2.17. The summed E-state index contributed by atoms with van der Waals surface area (Å²) in [6.45, 7) is 1.29. The van der Waals surface area contributed by atoms with E-state index < -0.39 is 0 Å². The number of carbonyl (C=O) groups is 1. The third-order valence-electron chi connectivity index (χ3n) is 4.27. The van der Waals surface area contributed by atoms with E-state index in [1.165, 1.54) is 5.56 Å². The van der Waals surface area contributed by atoms with Crippen LogP contribution in [-0.4, -0.2) is 29.9 Å². The molecule has 2 aliphatic heterocycles. The summed E-state index contributed by atoms with van der Waals surface area (Å²) in [4.78, 5) is 13.9. The van der Waals surface area contributed by atoms with E-state index in [1.54, 1.807) is 4.90 Å². The molecule has 1 spiro atoms. The van der Waals surface area contributed by atoms with E-state index in [0.29, 0.717) is 13.1 Å². The Balaban J connectivity index is 1.69. The zero-order chi connectivity index (χ0) is 13.3. The predicted octanol–water partition coefficient (Wildman–Crippen LogP) is 1.29. The largest absolute Gasteiger partial charge is 0.352 e. The maximum absolute atomic E-state index is 12.2. The number of nitriles is 1. The molecule has 0 saturated carbocycles. The second kappa shape index (κ2) is 4.58. The van der Waals surface area contributed by atoms with E-state index >= 15 is 0 Å². The summed E-state index contributed by atoms with van der Waals surface area (Å²) in [6.07, 6.45) is 4.68. The molecule has 2 heterocycles. The minimum atomic E-state index is -0.324. The van der Waals surface area contributed by atoms with Crippen LogP contribution in [0.3, 0.4) is 0 Å². The highest BCUT2D eigenvalue weighted by atomic mass is 16.2. The van der Waals surface area contributed by atoms with Gasteiger partial charge in [0.25, 0.3) is 0 Å². The lowest BCUT2D eigenvalue weighted by atomic mass is 9.83. The molecule has 0 bridgehead atoms. The number of likely N-dealkylation sites (tertiary alicyclic amines) is 1. The van der Waals surface area contributed by atoms with Crippen LogP contribution >= 0.6 is 0 Å². The van der Waals surface area contributed by atoms with E-state index in [0.717, 1.165) is 19.3 Å². The van der Waals surface area contributed by atoms with Crippen molar-refractivity contribution in [3.05, 3.63) is 35.9 Å². The van der Waals surface area contributed by atoms with Crippen LogP contribution in [0.4, 0.5) is 0 Å². The topological polar surface area (TPSA) is 56.1 Å². The van der Waals surface area contributed by atoms with Gasteiger partial charge in [-0.05, 0) is 24.8 Å². The Morgan fingerprint density at radius 1 is 1.42 bits per heavy atom. The summed E-state index contributed by atoms with van der Waals surface area (Å²) in [7, 11) is 0. The van der Waals surface area contributed by atoms with Crippen LogP contribution in [-0.2, 0) is 11.2 Å². The summed E-state index contributed by atoms with van der Waals surface area (Å²) in [5.41, 5.74) is 0.926. The number of amides is 1. The lowest BCUT2D eigenvalue weighted by molar-refractivity contribution is -0.127. The monoisotopic (exact) mass is 255 g/mol. The van der Waals surface area contributed by atoms with E-state index in [2.05, 4.69) is 23.6 Å². The molecule has 1 aromatic rings. The fraction of sp³-hybridized carbons (Fsp3) is 0.467. The van der Waals surface area contributed by atoms with Gasteiger partial charge in [0.05, 0.1) is 5.41 Å². The SMILES string of the molecule is N#CN1CCC2(CC(Cc3ccccc3)NC2=O)C1. The van der Waals surface area contributed by atoms with Crippen molar-refractivity contribution in [2.45, 2.75) is 25.3 Å². The van der Waals surface area contributed by atoms with Gasteiger partial charge in [-0.2, -0.15) is 5.26 Å². The Morgan fingerprint density at radius 3 is 2.89 bits per heavy atom. The lowest BCUT2D eigenvalue weighted by Crippen LogP contribution is -2.34. The second-order valence-corrected chi connectivity index (χ2v) is 5.62. The molecule has 2 fully saturated rings. The molecular weight excluding hydrogens is 238 g/mol. The first kappa shape index (κ1) is 12.0. The Labute approximate surface area is 113 Å². The summed E-state index contributed by atoms with van der Waals surface area (Å²) >= 11 is 0. The van der Waals surface area contributed by atoms with E-state index in [9.17, 15) is 4.79 Å². The third-order valence-corrected chi connectivity index (χ3v) is 4.27. The molecular formula is C15H17N3O. The zero-order valence-electron chi connectivity index (χ0n) is 10.8. The van der Waals surface area contributed by atoms with Gasteiger partial charge < -0.3 is 10.2 Å². The van der Waals surface area contributed by atoms with Crippen LogP contribution in [0, 0.1) is 16.9 Å². The van der Waals surface area contributed by atoms with Crippen LogP contribution in [0.1, 0.15) is 18.4 Å². The Kier molecular flexibility index (Phi) is 2.90. The summed E-state index contributed by atoms with van der Waals surface area (Å²) in [6, 6.07) is 10.4. The number of hydrogen-bond acceptors (Lipinski definition) is 3. The molecule has 4 nitrogen and oxygen atoms in total. The summed E-state index contributed by atoms with van der Waals surface area (Å²) in [5.74, 6) is 0.131. The maximum atomic E-state index is 12.2. The number of rotatable bonds is 2. The number of carbonyl (C=O) groups excluding carboxylic acids is 1. The zero-order valence-corrected chi connectivity index (χ0v) is 10.8. The maximum Gasteiger partial charge on any atom is 0.228 e. The number of nitrogens with zero attached hydrogens (tertiary/aromatic N) is 2. The molecule has 1 aromatic carbocycles. The highest BCUT2D eigenvalue weighted by molar-refractivity contribution is 5.86. The van der Waals surface area contributed by atoms with E-state index in [1.807, 2.05) is 18.2 Å². The highest BCUT2D eigenvalue weighted by Gasteiger charge is 2.50. The molecule has 98 valence electrons. The van der Waals surface area contributed by atoms with Crippen molar-refractivity contribution in [2.75, 3.05) is 13.1 Å². The molecule has 4 heteroatoms. The molecule has 19 heavy (non-hydrogen) atoms. The Hall–Kier alpha value is -2.02. The van der Waals surface area contributed by atoms with Gasteiger partial charge in [-0.25, -0.2) is 0 Å². The number of hydrogen-bond donors (Lipinski definition) is 1. The molecule has 1 N–H and O–H groups in total. The van der Waals surface area contributed by atoms with Crippen LogP contribution in [0.15, 0.2) is 30.3 Å².